The molecule has 3 aliphatic rings. The lowest BCUT2D eigenvalue weighted by molar-refractivity contribution is 0.297. The van der Waals surface area contributed by atoms with Crippen LogP contribution < -0.4 is 0 Å². The number of hydrogen-bond acceptors (Lipinski definition) is 0. The van der Waals surface area contributed by atoms with Crippen LogP contribution in [0.1, 0.15) is 52.9 Å². The van der Waals surface area contributed by atoms with Gasteiger partial charge in [-0.05, 0) is 55.1 Å². The molecule has 3 rings (SSSR count). The van der Waals surface area contributed by atoms with E-state index in [9.17, 15) is 0 Å². The second-order valence-electron chi connectivity index (χ2n) is 7.08. The lowest BCUT2D eigenvalue weighted by atomic mass is 9.82. The van der Waals surface area contributed by atoms with E-state index in [1.54, 1.807) is 11.1 Å². The molecule has 0 spiro atoms. The summed E-state index contributed by atoms with van der Waals surface area (Å²) in [4.78, 5) is 0. The van der Waals surface area contributed by atoms with Gasteiger partial charge in [0.2, 0.25) is 0 Å². The molecule has 0 heterocycles. The molecule has 0 saturated heterocycles. The molecule has 0 radical (unpaired) electrons. The maximum Gasteiger partial charge on any atom is 0.0258 e. The SMILES string of the molecule is CC1(C)CCCC2C=CC3(C)C=CC(=C23)CC1. The minimum absolute atomic E-state index is 0.272. The van der Waals surface area contributed by atoms with Gasteiger partial charge in [-0.2, -0.15) is 0 Å². The van der Waals surface area contributed by atoms with E-state index >= 15 is 0 Å². The Morgan fingerprint density at radius 3 is 2.76 bits per heavy atom. The van der Waals surface area contributed by atoms with E-state index in [1.807, 2.05) is 0 Å². The van der Waals surface area contributed by atoms with Crippen molar-refractivity contribution < 1.29 is 0 Å². The highest BCUT2D eigenvalue weighted by atomic mass is 14.4. The van der Waals surface area contributed by atoms with Gasteiger partial charge in [-0.3, -0.25) is 0 Å². The van der Waals surface area contributed by atoms with Crippen molar-refractivity contribution in [1.82, 2.24) is 0 Å². The third kappa shape index (κ3) is 1.82. The molecule has 0 aliphatic heterocycles. The first-order valence-electron chi connectivity index (χ1n) is 7.12. The summed E-state index contributed by atoms with van der Waals surface area (Å²) in [6.45, 7) is 7.26. The van der Waals surface area contributed by atoms with Crippen LogP contribution in [0, 0.1) is 16.7 Å². The van der Waals surface area contributed by atoms with Crippen LogP contribution in [0.15, 0.2) is 35.5 Å². The zero-order valence-electron chi connectivity index (χ0n) is 11.4. The Morgan fingerprint density at radius 1 is 1.12 bits per heavy atom. The second kappa shape index (κ2) is 3.60. The van der Waals surface area contributed by atoms with Crippen LogP contribution in [0.5, 0.6) is 0 Å². The summed E-state index contributed by atoms with van der Waals surface area (Å²) in [6.07, 6.45) is 16.5. The molecule has 0 aromatic rings. The highest BCUT2D eigenvalue weighted by molar-refractivity contribution is 5.50. The Kier molecular flexibility index (Phi) is 2.40. The quantitative estimate of drug-likeness (QED) is 0.510. The molecule has 92 valence electrons. The van der Waals surface area contributed by atoms with Crippen LogP contribution in [0.3, 0.4) is 0 Å². The average molecular weight is 228 g/mol. The Bertz CT molecular complexity index is 419. The summed E-state index contributed by atoms with van der Waals surface area (Å²) < 4.78 is 0. The molecule has 0 saturated carbocycles. The topological polar surface area (TPSA) is 0 Å². The van der Waals surface area contributed by atoms with Crippen molar-refractivity contribution in [3.05, 3.63) is 35.5 Å². The van der Waals surface area contributed by atoms with Gasteiger partial charge >= 0.3 is 0 Å². The highest BCUT2D eigenvalue weighted by Gasteiger charge is 2.39. The molecule has 17 heavy (non-hydrogen) atoms. The van der Waals surface area contributed by atoms with Crippen LogP contribution in [-0.4, -0.2) is 0 Å². The summed E-state index contributed by atoms with van der Waals surface area (Å²) in [7, 11) is 0. The number of hydrogen-bond donors (Lipinski definition) is 0. The van der Waals surface area contributed by atoms with Crippen LogP contribution in [0.25, 0.3) is 0 Å². The van der Waals surface area contributed by atoms with E-state index in [1.165, 1.54) is 32.1 Å². The first-order chi connectivity index (χ1) is 8.00. The van der Waals surface area contributed by atoms with E-state index in [2.05, 4.69) is 45.1 Å². The molecular weight excluding hydrogens is 204 g/mol. The summed E-state index contributed by atoms with van der Waals surface area (Å²) in [5.74, 6) is 0.735. The molecule has 3 aliphatic carbocycles. The smallest absolute Gasteiger partial charge is 0.0258 e. The first-order valence-corrected chi connectivity index (χ1v) is 7.12. The van der Waals surface area contributed by atoms with Gasteiger partial charge in [0, 0.05) is 5.41 Å². The van der Waals surface area contributed by atoms with Crippen molar-refractivity contribution in [3.63, 3.8) is 0 Å². The Balaban J connectivity index is 1.95. The van der Waals surface area contributed by atoms with Gasteiger partial charge in [0.15, 0.2) is 0 Å². The second-order valence-corrected chi connectivity index (χ2v) is 7.08. The fraction of sp³-hybridized carbons (Fsp3) is 0.647. The Morgan fingerprint density at radius 2 is 1.94 bits per heavy atom. The number of rotatable bonds is 0. The lowest BCUT2D eigenvalue weighted by Gasteiger charge is -2.23. The van der Waals surface area contributed by atoms with Crippen LogP contribution >= 0.6 is 0 Å². The predicted octanol–water partition coefficient (Wildman–Crippen LogP) is 5.04. The molecule has 0 bridgehead atoms. The van der Waals surface area contributed by atoms with Gasteiger partial charge in [0.1, 0.15) is 0 Å². The van der Waals surface area contributed by atoms with E-state index in [-0.39, 0.29) is 5.41 Å². The van der Waals surface area contributed by atoms with Crippen molar-refractivity contribution in [2.45, 2.75) is 52.9 Å². The summed E-state index contributed by atoms with van der Waals surface area (Å²) in [5.41, 5.74) is 4.18. The van der Waals surface area contributed by atoms with Gasteiger partial charge in [-0.15, -0.1) is 0 Å². The third-order valence-corrected chi connectivity index (χ3v) is 5.04. The highest BCUT2D eigenvalue weighted by Crippen LogP contribution is 2.52. The maximum atomic E-state index is 2.47. The monoisotopic (exact) mass is 228 g/mol. The van der Waals surface area contributed by atoms with Crippen molar-refractivity contribution in [2.24, 2.45) is 16.7 Å². The van der Waals surface area contributed by atoms with Crippen molar-refractivity contribution in [3.8, 4) is 0 Å². The molecule has 2 unspecified atom stereocenters. The first kappa shape index (κ1) is 11.3. The van der Waals surface area contributed by atoms with Crippen molar-refractivity contribution in [1.29, 1.82) is 0 Å². The molecule has 0 aromatic heterocycles. The summed E-state index contributed by atoms with van der Waals surface area (Å²) in [5, 5.41) is 0. The molecular formula is C17H24. The standard InChI is InChI=1S/C17H24/c1-16(2)9-4-5-13-7-11-17(3)12-8-14(6-10-16)15(13)17/h7-8,11-13H,4-6,9-10H2,1-3H3. The Labute approximate surface area is 105 Å². The maximum absolute atomic E-state index is 2.47. The van der Waals surface area contributed by atoms with Crippen molar-refractivity contribution in [2.75, 3.05) is 0 Å². The van der Waals surface area contributed by atoms with Crippen LogP contribution in [0.4, 0.5) is 0 Å². The minimum atomic E-state index is 0.272. The van der Waals surface area contributed by atoms with E-state index in [0.717, 1.165) is 5.92 Å². The van der Waals surface area contributed by atoms with Crippen LogP contribution in [-0.2, 0) is 0 Å². The molecule has 0 fully saturated rings. The van der Waals surface area contributed by atoms with Gasteiger partial charge in [-0.25, -0.2) is 0 Å². The zero-order chi connectivity index (χ0) is 12.1. The third-order valence-electron chi connectivity index (χ3n) is 5.04. The number of allylic oxidation sites excluding steroid dienone is 6. The van der Waals surface area contributed by atoms with Gasteiger partial charge in [0.05, 0.1) is 0 Å². The molecule has 2 atom stereocenters. The van der Waals surface area contributed by atoms with Gasteiger partial charge in [0.25, 0.3) is 0 Å². The predicted molar refractivity (Wildman–Crippen MR) is 73.8 cm³/mol. The molecule has 0 N–H and O–H groups in total. The van der Waals surface area contributed by atoms with Crippen LogP contribution in [0.2, 0.25) is 0 Å². The summed E-state index contributed by atoms with van der Waals surface area (Å²) in [6, 6.07) is 0. The van der Waals surface area contributed by atoms with Crippen molar-refractivity contribution >= 4 is 0 Å². The van der Waals surface area contributed by atoms with E-state index in [4.69, 9.17) is 0 Å². The average Bonchev–Trinajstić information content (AvgIpc) is 2.74. The fourth-order valence-electron chi connectivity index (χ4n) is 3.85. The van der Waals surface area contributed by atoms with Gasteiger partial charge in [-0.1, -0.05) is 44.6 Å². The van der Waals surface area contributed by atoms with Gasteiger partial charge < -0.3 is 0 Å². The normalized spacial score (nSPS) is 38.9. The molecule has 0 amide bonds. The Hall–Kier alpha value is -0.780. The largest absolute Gasteiger partial charge is 0.0801 e. The molecule has 0 aromatic carbocycles. The van der Waals surface area contributed by atoms with E-state index in [0.29, 0.717) is 5.41 Å². The zero-order valence-corrected chi connectivity index (χ0v) is 11.4. The fourth-order valence-corrected chi connectivity index (χ4v) is 3.85. The summed E-state index contributed by atoms with van der Waals surface area (Å²) >= 11 is 0. The molecule has 0 heteroatoms. The lowest BCUT2D eigenvalue weighted by Crippen LogP contribution is -2.11. The molecule has 0 nitrogen and oxygen atoms in total. The minimum Gasteiger partial charge on any atom is -0.0801 e. The van der Waals surface area contributed by atoms with E-state index < -0.39 is 0 Å².